The van der Waals surface area contributed by atoms with Gasteiger partial charge in [0.2, 0.25) is 5.91 Å². The lowest BCUT2D eigenvalue weighted by Gasteiger charge is -2.40. The molecule has 6 N–H and O–H groups in total. The zero-order valence-electron chi connectivity index (χ0n) is 31.1. The van der Waals surface area contributed by atoms with Gasteiger partial charge in [-0.1, -0.05) is 57.9 Å². The maximum absolute atomic E-state index is 14.7. The molecular weight excluding hydrogens is 915 g/mol. The minimum absolute atomic E-state index is 0.00134. The van der Waals surface area contributed by atoms with Crippen LogP contribution in [0.25, 0.3) is 0 Å². The van der Waals surface area contributed by atoms with Crippen LogP contribution < -0.4 is 15.5 Å². The summed E-state index contributed by atoms with van der Waals surface area (Å²) < 4.78 is 38.0. The second-order valence-electron chi connectivity index (χ2n) is 13.7. The number of aryl methyl sites for hydroxylation is 2. The second kappa shape index (κ2) is 22.5. The maximum atomic E-state index is 14.7. The monoisotopic (exact) mass is 963 g/mol. The number of ketones is 1. The van der Waals surface area contributed by atoms with Crippen LogP contribution in [0.1, 0.15) is 67.1 Å². The van der Waals surface area contributed by atoms with Crippen LogP contribution in [0, 0.1) is 18.8 Å². The predicted molar refractivity (Wildman–Crippen MR) is 212 cm³/mol. The first kappa shape index (κ1) is 46.8. The Hall–Kier alpha value is -1.92. The van der Waals surface area contributed by atoms with E-state index in [2.05, 4.69) is 43.7 Å². The van der Waals surface area contributed by atoms with Gasteiger partial charge in [0.15, 0.2) is 18.1 Å². The van der Waals surface area contributed by atoms with E-state index < -0.39 is 49.5 Å². The molecule has 0 radical (unpaired) electrons. The fourth-order valence-corrected chi connectivity index (χ4v) is 9.51. The molecular formula is C35H49Cl2FIN5O11S. The molecule has 1 amide bonds. The molecule has 4 unspecified atom stereocenters. The van der Waals surface area contributed by atoms with Gasteiger partial charge in [-0.05, 0) is 43.7 Å². The van der Waals surface area contributed by atoms with Crippen molar-refractivity contribution < 1.29 is 58.2 Å². The second-order valence-corrected chi connectivity index (χ2v) is 18.0. The van der Waals surface area contributed by atoms with E-state index in [4.69, 9.17) is 42.1 Å². The summed E-state index contributed by atoms with van der Waals surface area (Å²) in [4.78, 5) is 38.2. The first-order valence-corrected chi connectivity index (χ1v) is 21.1. The number of benzene rings is 1. The number of hydrogen-bond acceptors (Lipinski definition) is 15. The van der Waals surface area contributed by atoms with Crippen molar-refractivity contribution in [2.45, 2.75) is 111 Å². The van der Waals surface area contributed by atoms with Crippen LogP contribution in [0.5, 0.6) is 5.75 Å². The highest BCUT2D eigenvalue weighted by atomic mass is 127. The Balaban J connectivity index is 1.15. The summed E-state index contributed by atoms with van der Waals surface area (Å²) >= 11 is 16.6. The van der Waals surface area contributed by atoms with Crippen molar-refractivity contribution in [2.24, 2.45) is 11.8 Å². The van der Waals surface area contributed by atoms with Crippen LogP contribution in [-0.4, -0.2) is 126 Å². The van der Waals surface area contributed by atoms with Gasteiger partial charge in [-0.3, -0.25) is 14.3 Å². The van der Waals surface area contributed by atoms with E-state index in [1.54, 1.807) is 10.9 Å². The Labute approximate surface area is 351 Å². The third-order valence-electron chi connectivity index (χ3n) is 9.79. The zero-order valence-corrected chi connectivity index (χ0v) is 35.6. The van der Waals surface area contributed by atoms with E-state index in [9.17, 15) is 39.3 Å². The van der Waals surface area contributed by atoms with E-state index in [1.807, 2.05) is 6.92 Å². The molecule has 2 fully saturated rings. The van der Waals surface area contributed by atoms with Gasteiger partial charge in [0.05, 0.1) is 43.1 Å². The first-order valence-electron chi connectivity index (χ1n) is 18.2. The molecule has 2 aliphatic rings. The van der Waals surface area contributed by atoms with Gasteiger partial charge >= 0.3 is 5.97 Å². The maximum Gasteiger partial charge on any atom is 0.339 e. The molecule has 4 rings (SSSR count). The smallest absolute Gasteiger partial charge is 0.339 e. The highest BCUT2D eigenvalue weighted by molar-refractivity contribution is 14.1. The standard InChI is InChI=1S/C35H49Cl2FIN5O11S/c1-17-22(34(50)55-31-29(49)28(48)25(16-45)54-35(31)52-3)14-23(36)30(27(17)37)53-12-10-40-26(47)9-7-20-15-44(43-41-20)11-4-5-21(46)8-6-19-13-24(38)18(2)32(39)56-33(19)42-51/h14-15,18-19,24-25,28-29,31-33,35,42,45,48-49,51H,4-13,16H2,1-3H3,(H,40,47)/t18?,19?,24-,25+,28+,29-,31+,32?,33?,35-/m0/s1. The highest BCUT2D eigenvalue weighted by Crippen LogP contribution is 2.42. The van der Waals surface area contributed by atoms with E-state index >= 15 is 0 Å². The third-order valence-corrected chi connectivity index (χ3v) is 14.0. The number of hydrogen-bond donors (Lipinski definition) is 6. The van der Waals surface area contributed by atoms with Crippen molar-refractivity contribution in [1.29, 1.82) is 0 Å². The Morgan fingerprint density at radius 1 is 1.20 bits per heavy atom. The topological polar surface area (TPSA) is 224 Å². The Bertz CT molecular complexity index is 1630. The average molecular weight is 965 g/mol. The molecule has 3 heterocycles. The van der Waals surface area contributed by atoms with Crippen molar-refractivity contribution in [2.75, 3.05) is 26.9 Å². The lowest BCUT2D eigenvalue weighted by molar-refractivity contribution is -0.293. The number of carbonyl (C=O) groups is 3. The number of amides is 1. The van der Waals surface area contributed by atoms with Gasteiger partial charge in [0.1, 0.15) is 36.9 Å². The fraction of sp³-hybridized carbons (Fsp3) is 0.686. The summed E-state index contributed by atoms with van der Waals surface area (Å²) in [6.07, 6.45) is -3.78. The van der Waals surface area contributed by atoms with Crippen molar-refractivity contribution in [3.05, 3.63) is 39.1 Å². The number of esters is 1. The number of hydroxylamine groups is 1. The molecule has 314 valence electrons. The number of nitrogens with zero attached hydrogens (tertiary/aromatic N) is 3. The quantitative estimate of drug-likeness (QED) is 0.0390. The largest absolute Gasteiger partial charge is 0.489 e. The van der Waals surface area contributed by atoms with Crippen molar-refractivity contribution in [3.63, 3.8) is 0 Å². The number of methoxy groups -OCH3 is 1. The zero-order chi connectivity index (χ0) is 41.1. The van der Waals surface area contributed by atoms with Gasteiger partial charge in [0, 0.05) is 51.5 Å². The number of halogens is 4. The van der Waals surface area contributed by atoms with Crippen LogP contribution in [0.15, 0.2) is 12.3 Å². The predicted octanol–water partition coefficient (Wildman–Crippen LogP) is 3.55. The molecule has 10 atom stereocenters. The van der Waals surface area contributed by atoms with Gasteiger partial charge < -0.3 is 44.8 Å². The van der Waals surface area contributed by atoms with Gasteiger partial charge in [0.25, 0.3) is 0 Å². The lowest BCUT2D eigenvalue weighted by Crippen LogP contribution is -2.60. The molecule has 1 aromatic heterocycles. The van der Waals surface area contributed by atoms with Gasteiger partial charge in [-0.15, -0.1) is 16.9 Å². The van der Waals surface area contributed by atoms with E-state index in [1.165, 1.54) is 31.9 Å². The van der Waals surface area contributed by atoms with Crippen molar-refractivity contribution >= 4 is 75.2 Å². The number of carbonyl (C=O) groups excluding carboxylic acids is 3. The van der Waals surface area contributed by atoms with E-state index in [0.717, 1.165) is 0 Å². The number of Topliss-reactive ketones (excluding diaryl/α,β-unsaturated/α-hetero) is 1. The van der Waals surface area contributed by atoms with Gasteiger partial charge in [-0.25, -0.2) is 9.18 Å². The molecule has 0 saturated carbocycles. The minimum atomic E-state index is -1.61. The van der Waals surface area contributed by atoms with Gasteiger partial charge in [-0.2, -0.15) is 5.48 Å². The number of nitrogens with one attached hydrogen (secondary N) is 2. The molecule has 21 heteroatoms. The molecule has 56 heavy (non-hydrogen) atoms. The number of aliphatic hydroxyl groups excluding tert-OH is 3. The Morgan fingerprint density at radius 3 is 2.64 bits per heavy atom. The van der Waals surface area contributed by atoms with Crippen LogP contribution >= 0.6 is 57.6 Å². The summed E-state index contributed by atoms with van der Waals surface area (Å²) in [5.41, 5.74) is 3.14. The Morgan fingerprint density at radius 2 is 1.95 bits per heavy atom. The molecule has 0 aliphatic carbocycles. The van der Waals surface area contributed by atoms with Crippen molar-refractivity contribution in [3.8, 4) is 5.75 Å². The third kappa shape index (κ3) is 12.5. The normalized spacial score (nSPS) is 28.1. The summed E-state index contributed by atoms with van der Waals surface area (Å²) in [6.45, 7) is 3.40. The van der Waals surface area contributed by atoms with Crippen LogP contribution in [0.4, 0.5) is 4.39 Å². The summed E-state index contributed by atoms with van der Waals surface area (Å²) in [7, 11) is 1.25. The van der Waals surface area contributed by atoms with Crippen molar-refractivity contribution in [1.82, 2.24) is 25.8 Å². The molecule has 1 aromatic carbocycles. The number of aliphatic hydroxyl groups is 3. The molecule has 2 aromatic rings. The first-order chi connectivity index (χ1) is 26.7. The summed E-state index contributed by atoms with van der Waals surface area (Å²) in [5, 5.41) is 50.3. The Kier molecular flexibility index (Phi) is 18.7. The number of ether oxygens (including phenoxy) is 4. The molecule has 16 nitrogen and oxygen atoms in total. The fourth-order valence-electron chi connectivity index (χ4n) is 6.31. The minimum Gasteiger partial charge on any atom is -0.489 e. The molecule has 0 bridgehead atoms. The van der Waals surface area contributed by atoms with Crippen LogP contribution in [0.2, 0.25) is 10.0 Å². The molecule has 2 aliphatic heterocycles. The number of thioether (sulfide) groups is 1. The number of rotatable bonds is 19. The molecule has 0 spiro atoms. The number of aromatic nitrogens is 3. The summed E-state index contributed by atoms with van der Waals surface area (Å²) in [5.74, 6) is -1.34. The van der Waals surface area contributed by atoms with Crippen LogP contribution in [0.3, 0.4) is 0 Å². The van der Waals surface area contributed by atoms with Crippen LogP contribution in [-0.2, 0) is 36.8 Å². The lowest BCUT2D eigenvalue weighted by atomic mass is 9.91. The highest BCUT2D eigenvalue weighted by Gasteiger charge is 2.47. The SMILES string of the molecule is CO[C@H]1O[C@H](CO)[C@@H](O)[C@H](O)[C@H]1OC(=O)c1cc(Cl)c(OCCNC(=O)CCc2cn(CCCC(=O)CCC3C[C@H](F)C(C)C(I)SC3NO)nn2)c(Cl)c1C. The number of alkyl halides is 2. The van der Waals surface area contributed by atoms with E-state index in [-0.39, 0.29) is 78.7 Å². The summed E-state index contributed by atoms with van der Waals surface area (Å²) in [6, 6.07) is 1.28. The molecule has 2 saturated heterocycles. The average Bonchev–Trinajstić information content (AvgIpc) is 3.60. The van der Waals surface area contributed by atoms with E-state index in [0.29, 0.717) is 50.8 Å².